The van der Waals surface area contributed by atoms with E-state index in [-0.39, 0.29) is 5.41 Å². The van der Waals surface area contributed by atoms with E-state index in [2.05, 4.69) is 164 Å². The molecule has 10 aromatic rings. The molecule has 0 radical (unpaired) electrons. The van der Waals surface area contributed by atoms with Crippen molar-refractivity contribution in [1.82, 2.24) is 19.5 Å². The van der Waals surface area contributed by atoms with Gasteiger partial charge in [-0.15, -0.1) is 0 Å². The van der Waals surface area contributed by atoms with Gasteiger partial charge in [-0.05, 0) is 69.1 Å². The van der Waals surface area contributed by atoms with Gasteiger partial charge in [-0.25, -0.2) is 15.0 Å². The van der Waals surface area contributed by atoms with Crippen molar-refractivity contribution in [2.45, 2.75) is 19.3 Å². The molecule has 0 aliphatic heterocycles. The molecule has 2 aromatic heterocycles. The zero-order valence-corrected chi connectivity index (χ0v) is 31.1. The summed E-state index contributed by atoms with van der Waals surface area (Å²) in [7, 11) is 0. The van der Waals surface area contributed by atoms with Crippen LogP contribution in [0.25, 0.3) is 94.7 Å². The highest BCUT2D eigenvalue weighted by Gasteiger charge is 2.35. The second-order valence-corrected chi connectivity index (χ2v) is 15.2. The van der Waals surface area contributed by atoms with Crippen LogP contribution >= 0.6 is 0 Å². The maximum absolute atomic E-state index is 5.21. The van der Waals surface area contributed by atoms with Gasteiger partial charge >= 0.3 is 0 Å². The van der Waals surface area contributed by atoms with E-state index in [1.54, 1.807) is 0 Å². The van der Waals surface area contributed by atoms with E-state index >= 15 is 0 Å². The first-order chi connectivity index (χ1) is 27.5. The summed E-state index contributed by atoms with van der Waals surface area (Å²) >= 11 is 0. The van der Waals surface area contributed by atoms with Gasteiger partial charge in [0.25, 0.3) is 0 Å². The molecule has 0 unspecified atom stereocenters. The van der Waals surface area contributed by atoms with Crippen LogP contribution in [-0.2, 0) is 5.41 Å². The van der Waals surface area contributed by atoms with Gasteiger partial charge in [0, 0.05) is 38.3 Å². The summed E-state index contributed by atoms with van der Waals surface area (Å²) in [5, 5.41) is 4.65. The minimum absolute atomic E-state index is 0.0881. The first kappa shape index (κ1) is 32.3. The third-order valence-corrected chi connectivity index (χ3v) is 11.7. The van der Waals surface area contributed by atoms with Crippen LogP contribution in [0, 0.1) is 0 Å². The van der Waals surface area contributed by atoms with Gasteiger partial charge in [0.05, 0.1) is 16.7 Å². The zero-order chi connectivity index (χ0) is 37.4. The molecule has 4 heteroatoms. The molecule has 0 N–H and O–H groups in total. The quantitative estimate of drug-likeness (QED) is 0.178. The Morgan fingerprint density at radius 3 is 1.77 bits per heavy atom. The van der Waals surface area contributed by atoms with Crippen LogP contribution in [0.15, 0.2) is 182 Å². The normalized spacial score (nSPS) is 13.0. The van der Waals surface area contributed by atoms with Crippen molar-refractivity contribution in [3.05, 3.63) is 193 Å². The minimum atomic E-state index is -0.0881. The number of aromatic nitrogens is 4. The molecule has 0 amide bonds. The first-order valence-electron chi connectivity index (χ1n) is 19.2. The average molecular weight is 717 g/mol. The second-order valence-electron chi connectivity index (χ2n) is 15.2. The Balaban J connectivity index is 1.19. The lowest BCUT2D eigenvalue weighted by atomic mass is 9.81. The predicted octanol–water partition coefficient (Wildman–Crippen LogP) is 13.1. The number of nitrogens with zero attached hydrogens (tertiary/aromatic N) is 4. The Bertz CT molecular complexity index is 3100. The lowest BCUT2D eigenvalue weighted by Gasteiger charge is -2.22. The summed E-state index contributed by atoms with van der Waals surface area (Å²) in [6.45, 7) is 4.69. The van der Waals surface area contributed by atoms with Crippen molar-refractivity contribution in [3.63, 3.8) is 0 Å². The van der Waals surface area contributed by atoms with Crippen LogP contribution < -0.4 is 0 Å². The average Bonchev–Trinajstić information content (AvgIpc) is 3.71. The fraction of sp³-hybridized carbons (Fsp3) is 0.0577. The number of rotatable bonds is 5. The van der Waals surface area contributed by atoms with E-state index in [1.165, 1.54) is 44.2 Å². The van der Waals surface area contributed by atoms with Gasteiger partial charge in [0.2, 0.25) is 0 Å². The number of fused-ring (bicyclic) bond motifs is 7. The van der Waals surface area contributed by atoms with E-state index in [9.17, 15) is 0 Å². The Morgan fingerprint density at radius 1 is 0.393 bits per heavy atom. The Kier molecular flexibility index (Phi) is 7.17. The molecule has 2 heterocycles. The van der Waals surface area contributed by atoms with Crippen LogP contribution in [0.3, 0.4) is 0 Å². The fourth-order valence-corrected chi connectivity index (χ4v) is 8.91. The standard InChI is InChI=1S/C52H36N4/c1-52(2)43-24-12-11-22-39(43)40-29-27-37(32-44(40)52)36-28-30-46-42(31-36)48-41(23-14-26-47(48)56(46)45-25-13-20-33-15-9-10-21-38(33)45)51-54-49(34-16-5-3-6-17-34)53-50(55-51)35-18-7-4-8-19-35/h3-32H,1-2H3. The summed E-state index contributed by atoms with van der Waals surface area (Å²) in [6, 6.07) is 64.9. The summed E-state index contributed by atoms with van der Waals surface area (Å²) < 4.78 is 2.42. The molecule has 56 heavy (non-hydrogen) atoms. The first-order valence-corrected chi connectivity index (χ1v) is 19.2. The largest absolute Gasteiger partial charge is 0.309 e. The van der Waals surface area contributed by atoms with Crippen LogP contribution in [-0.4, -0.2) is 19.5 Å². The summed E-state index contributed by atoms with van der Waals surface area (Å²) in [4.78, 5) is 15.4. The Hall–Kier alpha value is -7.17. The van der Waals surface area contributed by atoms with Crippen molar-refractivity contribution in [1.29, 1.82) is 0 Å². The maximum atomic E-state index is 5.21. The minimum Gasteiger partial charge on any atom is -0.309 e. The Labute approximate surface area is 325 Å². The SMILES string of the molecule is CC1(C)c2ccccc2-c2ccc(-c3ccc4c(c3)c3c(-c5nc(-c6ccccc6)nc(-c6ccccc6)n5)cccc3n4-c3cccc4ccccc34)cc21. The fourth-order valence-electron chi connectivity index (χ4n) is 8.91. The van der Waals surface area contributed by atoms with Crippen LogP contribution in [0.5, 0.6) is 0 Å². The topological polar surface area (TPSA) is 43.6 Å². The smallest absolute Gasteiger partial charge is 0.164 e. The molecule has 1 aliphatic rings. The van der Waals surface area contributed by atoms with E-state index in [4.69, 9.17) is 15.0 Å². The van der Waals surface area contributed by atoms with Gasteiger partial charge in [-0.3, -0.25) is 0 Å². The van der Waals surface area contributed by atoms with Crippen LogP contribution in [0.4, 0.5) is 0 Å². The zero-order valence-electron chi connectivity index (χ0n) is 31.1. The molecule has 0 saturated heterocycles. The molecule has 8 aromatic carbocycles. The number of hydrogen-bond donors (Lipinski definition) is 0. The monoisotopic (exact) mass is 716 g/mol. The third-order valence-electron chi connectivity index (χ3n) is 11.7. The molecule has 0 bridgehead atoms. The summed E-state index contributed by atoms with van der Waals surface area (Å²) in [5.74, 6) is 1.93. The van der Waals surface area contributed by atoms with Crippen molar-refractivity contribution >= 4 is 32.6 Å². The van der Waals surface area contributed by atoms with Gasteiger partial charge in [-0.1, -0.05) is 166 Å². The highest BCUT2D eigenvalue weighted by Crippen LogP contribution is 2.50. The van der Waals surface area contributed by atoms with E-state index in [0.29, 0.717) is 17.5 Å². The van der Waals surface area contributed by atoms with Crippen molar-refractivity contribution in [2.24, 2.45) is 0 Å². The molecular weight excluding hydrogens is 681 g/mol. The number of hydrogen-bond acceptors (Lipinski definition) is 3. The van der Waals surface area contributed by atoms with Crippen molar-refractivity contribution < 1.29 is 0 Å². The molecular formula is C52H36N4. The molecule has 4 nitrogen and oxygen atoms in total. The summed E-state index contributed by atoms with van der Waals surface area (Å²) in [6.07, 6.45) is 0. The lowest BCUT2D eigenvalue weighted by molar-refractivity contribution is 0.660. The molecule has 11 rings (SSSR count). The highest BCUT2D eigenvalue weighted by molar-refractivity contribution is 6.17. The van der Waals surface area contributed by atoms with Gasteiger partial charge in [-0.2, -0.15) is 0 Å². The van der Waals surface area contributed by atoms with Gasteiger partial charge in [0.1, 0.15) is 0 Å². The van der Waals surface area contributed by atoms with E-state index in [0.717, 1.165) is 44.2 Å². The van der Waals surface area contributed by atoms with Crippen LogP contribution in [0.1, 0.15) is 25.0 Å². The molecule has 0 atom stereocenters. The highest BCUT2D eigenvalue weighted by atomic mass is 15.0. The molecule has 0 fully saturated rings. The molecule has 0 saturated carbocycles. The van der Waals surface area contributed by atoms with E-state index < -0.39 is 0 Å². The molecule has 264 valence electrons. The molecule has 1 aliphatic carbocycles. The second kappa shape index (κ2) is 12.4. The van der Waals surface area contributed by atoms with Crippen LogP contribution in [0.2, 0.25) is 0 Å². The maximum Gasteiger partial charge on any atom is 0.164 e. The Morgan fingerprint density at radius 2 is 0.982 bits per heavy atom. The van der Waals surface area contributed by atoms with E-state index in [1.807, 2.05) is 36.4 Å². The van der Waals surface area contributed by atoms with Crippen molar-refractivity contribution in [2.75, 3.05) is 0 Å². The summed E-state index contributed by atoms with van der Waals surface area (Å²) in [5.41, 5.74) is 13.9. The van der Waals surface area contributed by atoms with Crippen molar-refractivity contribution in [3.8, 4) is 62.1 Å². The van der Waals surface area contributed by atoms with Gasteiger partial charge < -0.3 is 4.57 Å². The van der Waals surface area contributed by atoms with Gasteiger partial charge in [0.15, 0.2) is 17.5 Å². The predicted molar refractivity (Wildman–Crippen MR) is 231 cm³/mol. The third kappa shape index (κ3) is 4.96. The molecule has 0 spiro atoms. The number of benzene rings is 8. The lowest BCUT2D eigenvalue weighted by Crippen LogP contribution is -2.14.